The normalized spacial score (nSPS) is 23.9. The Balaban J connectivity index is 1.42. The molecule has 145 heavy (non-hydrogen) atoms. The van der Waals surface area contributed by atoms with Gasteiger partial charge in [-0.2, -0.15) is 11.8 Å². The molecule has 0 radical (unpaired) electrons. The molecule has 4 saturated carbocycles. The summed E-state index contributed by atoms with van der Waals surface area (Å²) in [6.45, 7) is 0.0782. The fourth-order valence-electron chi connectivity index (χ4n) is 18.7. The number of fused-ring (bicyclic) bond motifs is 1. The molecule has 2 aromatic rings. The SMILES string of the molecule is N=C(N)NCCC[C@H](NC(=O)[C@@H]1CSSC[C@H](NC(=O)[C@H](CSCC23CC4CC(CC(C4)C2)C3)NC(=O)[C@H](CCCNC(=N)N)NC(=O)[C@@H](N)CCCNC(=N)N)C(=O)N[C@@H](Cc2ccc(O)cc2)C(=O)N[C@@H](CCCNC(=N)N)C(=O)N[C@@H](CCCCN)C(=O)N[C@H](CCCCN)C(=O)N2CCCC2C(=O)N[C@@H](Cc2ccc(O)cc2)C(=O)N[C@@H](CCCNC(=N)N)C(=O)N[C@@H](CCCNC(N)=O)C(=O)N1)C(=O)O. The first kappa shape index (κ1) is 119. The molecule has 1 unspecified atom stereocenters. The zero-order valence-electron chi connectivity index (χ0n) is 81.8. The van der Waals surface area contributed by atoms with Crippen LogP contribution in [0, 0.1) is 50.2 Å². The Hall–Kier alpha value is -12.8. The molecule has 14 atom stereocenters. The van der Waals surface area contributed by atoms with Crippen LogP contribution < -0.4 is 147 Å². The van der Waals surface area contributed by atoms with Gasteiger partial charge >= 0.3 is 12.0 Å². The van der Waals surface area contributed by atoms with Gasteiger partial charge in [0.05, 0.1) is 6.04 Å². The third kappa shape index (κ3) is 42.8. The van der Waals surface area contributed by atoms with Crippen LogP contribution in [0.2, 0.25) is 0 Å². The van der Waals surface area contributed by atoms with Gasteiger partial charge in [-0.05, 0) is 244 Å². The second-order valence-electron chi connectivity index (χ2n) is 37.5. The van der Waals surface area contributed by atoms with Gasteiger partial charge < -0.3 is 168 Å². The van der Waals surface area contributed by atoms with E-state index in [-0.39, 0.29) is 210 Å². The average molecular weight is 2090 g/mol. The van der Waals surface area contributed by atoms with Gasteiger partial charge in [-0.25, -0.2) is 9.59 Å². The van der Waals surface area contributed by atoms with Gasteiger partial charge in [0.2, 0.25) is 76.8 Å². The first-order valence-corrected chi connectivity index (χ1v) is 52.9. The van der Waals surface area contributed by atoms with E-state index in [0.717, 1.165) is 60.1 Å². The van der Waals surface area contributed by atoms with Gasteiger partial charge in [0.15, 0.2) is 29.8 Å². The van der Waals surface area contributed by atoms with Crippen molar-refractivity contribution >= 4 is 152 Å². The van der Waals surface area contributed by atoms with Crippen molar-refractivity contribution in [1.82, 2.24) is 101 Å². The second-order valence-corrected chi connectivity index (χ2v) is 41.1. The summed E-state index contributed by atoms with van der Waals surface area (Å²) in [6.07, 6.45) is 5.42. The maximum absolute atomic E-state index is 16.1. The standard InChI is InChI=1S/C91H151N33O18S3/c92-29-3-1-13-58-74(130)117-63(14-2-4-30-93)83(139)124-37-11-20-70(124)82(138)120-66(42-51-23-27-56(126)28-24-51)78(134)116-61(17-8-34-109-88(101)102)73(129)114-62(18-9-36-111-90(105)142)76(132)122-68(80(136)118-64(84(140)141)19-10-35-110-89(103)104)47-144-145-48-69(81(137)119-65(41-50-21-25-55(125)26-22-50)77(133)115-60(72(128)113-58)16-7-33-108-87(99)100)123-79(135)67(46-143-49-91-43-52-38-53(44-91)40-54(39-52)45-91)121-75(131)59(15-6-32-107-86(97)98)112-71(127)57(94)12-5-31-106-85(95)96/h21-28,52-54,57-70,125-126H,1-20,29-49,92-94H2,(H,112,127)(H,113,128)(H,114,129)(H,115,133)(H,116,134)(H,117,130)(H,118,136)(H,119,137)(H,120,138)(H,121,131)(H,122,132)(H,123,135)(H,140,141)(H4,95,96,106)(H4,97,98,107)(H4,99,100,108)(H4,101,102,109)(H4,103,104,110)(H3,105,111,142)/t52?,53?,54?,57-,58-,59-,60-,61-,62-,63+,64-,65-,66-,67-,68-,69-,70?,91?/m0/s1. The molecule has 44 N–H and O–H groups in total. The van der Waals surface area contributed by atoms with E-state index >= 15 is 57.5 Å². The fraction of sp³-hybridized carbons (Fsp3) is 0.648. The van der Waals surface area contributed by atoms with E-state index in [1.807, 2.05) is 0 Å². The van der Waals surface area contributed by atoms with Gasteiger partial charge in [0, 0.05) is 75.9 Å². The minimum absolute atomic E-state index is 0.00580. The van der Waals surface area contributed by atoms with E-state index in [1.54, 1.807) is 0 Å². The number of nitrogens with zero attached hydrogens (tertiary/aromatic N) is 1. The monoisotopic (exact) mass is 2090 g/mol. The minimum atomic E-state index is -1.85. The number of primary amides is 1. The molecule has 2 saturated heterocycles. The molecule has 2 aliphatic heterocycles. The quantitative estimate of drug-likeness (QED) is 0.0127. The molecule has 6 aliphatic rings. The molecule has 6 fully saturated rings. The Morgan fingerprint density at radius 2 is 0.828 bits per heavy atom. The number of carbonyl (C=O) groups is 15. The zero-order valence-corrected chi connectivity index (χ0v) is 84.2. The van der Waals surface area contributed by atoms with Crippen molar-refractivity contribution < 1.29 is 87.2 Å². The lowest BCUT2D eigenvalue weighted by Crippen LogP contribution is -2.61. The highest BCUT2D eigenvalue weighted by Crippen LogP contribution is 2.61. The van der Waals surface area contributed by atoms with Gasteiger partial charge in [-0.3, -0.25) is 89.4 Å². The maximum Gasteiger partial charge on any atom is 0.326 e. The Morgan fingerprint density at radius 3 is 1.28 bits per heavy atom. The van der Waals surface area contributed by atoms with Crippen molar-refractivity contribution in [3.8, 4) is 11.5 Å². The molecule has 0 aromatic heterocycles. The number of aromatic hydroxyl groups is 2. The van der Waals surface area contributed by atoms with Gasteiger partial charge in [0.1, 0.15) is 90.0 Å². The summed E-state index contributed by atoms with van der Waals surface area (Å²) in [5, 5.41) is 119. The summed E-state index contributed by atoms with van der Waals surface area (Å²) in [7, 11) is 1.54. The van der Waals surface area contributed by atoms with Gasteiger partial charge in [-0.1, -0.05) is 45.9 Å². The van der Waals surface area contributed by atoms with Crippen molar-refractivity contribution in [3.05, 3.63) is 59.7 Å². The molecule has 2 heterocycles. The van der Waals surface area contributed by atoms with Crippen LogP contribution in [0.25, 0.3) is 0 Å². The summed E-state index contributed by atoms with van der Waals surface area (Å²) in [5.41, 5.74) is 52.5. The van der Waals surface area contributed by atoms with E-state index in [0.29, 0.717) is 47.5 Å². The largest absolute Gasteiger partial charge is 0.508 e. The lowest BCUT2D eigenvalue weighted by molar-refractivity contribution is -0.142. The number of carbonyl (C=O) groups excluding carboxylic acids is 14. The number of carboxylic acid groups (broad SMARTS) is 1. The van der Waals surface area contributed by atoms with E-state index in [9.17, 15) is 29.7 Å². The number of carboxylic acids is 1. The lowest BCUT2D eigenvalue weighted by Gasteiger charge is -2.57. The first-order valence-electron chi connectivity index (χ1n) is 49.3. The third-order valence-corrected chi connectivity index (χ3v) is 29.5. The van der Waals surface area contributed by atoms with Gasteiger partial charge in [0.25, 0.3) is 0 Å². The molecule has 806 valence electrons. The van der Waals surface area contributed by atoms with Crippen LogP contribution in [0.1, 0.15) is 178 Å². The van der Waals surface area contributed by atoms with Crippen LogP contribution in [-0.4, -0.2) is 305 Å². The molecule has 8 rings (SSSR count). The molecular weight excluding hydrogens is 1940 g/mol. The van der Waals surface area contributed by atoms with E-state index in [2.05, 4.69) is 95.7 Å². The van der Waals surface area contributed by atoms with Crippen molar-refractivity contribution in [1.29, 1.82) is 27.0 Å². The summed E-state index contributed by atoms with van der Waals surface area (Å²) >= 11 is 1.39. The van der Waals surface area contributed by atoms with E-state index in [4.69, 9.17) is 78.6 Å². The van der Waals surface area contributed by atoms with Crippen molar-refractivity contribution in [2.24, 2.45) is 74.8 Å². The number of benzene rings is 2. The highest BCUT2D eigenvalue weighted by atomic mass is 33.1. The number of urea groups is 1. The van der Waals surface area contributed by atoms with Crippen LogP contribution in [0.3, 0.4) is 0 Å². The second kappa shape index (κ2) is 62.1. The highest BCUT2D eigenvalue weighted by Gasteiger charge is 2.51. The van der Waals surface area contributed by atoms with Crippen LogP contribution in [0.5, 0.6) is 11.5 Å². The Bertz CT molecular complexity index is 4670. The number of unbranched alkanes of at least 4 members (excludes halogenated alkanes) is 2. The predicted molar refractivity (Wildman–Crippen MR) is 548 cm³/mol. The number of rotatable bonds is 49. The molecule has 4 aliphatic carbocycles. The van der Waals surface area contributed by atoms with E-state index < -0.39 is 215 Å². The molecule has 0 spiro atoms. The van der Waals surface area contributed by atoms with Crippen molar-refractivity contribution in [2.45, 2.75) is 264 Å². The number of aliphatic carboxylic acids is 1. The van der Waals surface area contributed by atoms with Gasteiger partial charge in [-0.15, -0.1) is 0 Å². The summed E-state index contributed by atoms with van der Waals surface area (Å²) < 4.78 is 0. The smallest absolute Gasteiger partial charge is 0.326 e. The molecule has 15 amide bonds. The number of phenolic OH excluding ortho intramolecular Hbond substituents is 2. The van der Waals surface area contributed by atoms with Crippen molar-refractivity contribution in [3.63, 3.8) is 0 Å². The Morgan fingerprint density at radius 1 is 0.441 bits per heavy atom. The summed E-state index contributed by atoms with van der Waals surface area (Å²) in [6, 6.07) is -12.3. The Kier molecular flexibility index (Phi) is 51.0. The Labute approximate surface area is 854 Å². The molecule has 4 bridgehead atoms. The maximum atomic E-state index is 16.1. The number of nitrogens with two attached hydrogens (primary N) is 9. The van der Waals surface area contributed by atoms with Crippen LogP contribution >= 0.6 is 33.3 Å². The number of phenols is 2. The molecular formula is C91H151N33O18S3. The number of hydrogen-bond acceptors (Lipinski definition) is 28. The van der Waals surface area contributed by atoms with Crippen LogP contribution in [-0.2, 0) is 80.0 Å². The third-order valence-electron chi connectivity index (χ3n) is 25.7. The summed E-state index contributed by atoms with van der Waals surface area (Å²) in [4.78, 5) is 226. The van der Waals surface area contributed by atoms with Crippen LogP contribution in [0.4, 0.5) is 4.79 Å². The molecule has 2 aromatic carbocycles. The molecule has 51 nitrogen and oxygen atoms in total. The van der Waals surface area contributed by atoms with E-state index in [1.165, 1.54) is 65.2 Å². The zero-order chi connectivity index (χ0) is 106. The number of hydrogen-bond donors (Lipinski definition) is 35. The summed E-state index contributed by atoms with van der Waals surface area (Å²) in [5.74, 6) is -15.9. The lowest BCUT2D eigenvalue weighted by atomic mass is 9.50. The van der Waals surface area contributed by atoms with Crippen LogP contribution in [0.15, 0.2) is 48.5 Å². The number of nitrogens with one attached hydrogen (secondary N) is 23. The first-order chi connectivity index (χ1) is 69.1. The average Bonchev–Trinajstić information content (AvgIpc) is 1.12. The minimum Gasteiger partial charge on any atom is -0.508 e. The topological polar surface area (TPSA) is 890 Å². The fourth-order valence-corrected chi connectivity index (χ4v) is 22.4. The number of thioether (sulfide) groups is 1. The number of amides is 15. The highest BCUT2D eigenvalue weighted by molar-refractivity contribution is 8.76. The number of guanidine groups is 5. The predicted octanol–water partition coefficient (Wildman–Crippen LogP) is -5.53. The molecule has 54 heteroatoms. The van der Waals surface area contributed by atoms with Crippen molar-refractivity contribution in [2.75, 3.05) is 81.9 Å².